The van der Waals surface area contributed by atoms with Crippen LogP contribution >= 0.6 is 11.6 Å². The van der Waals surface area contributed by atoms with E-state index in [-0.39, 0.29) is 23.6 Å². The number of carbonyl (C=O) groups is 3. The van der Waals surface area contributed by atoms with Gasteiger partial charge in [0, 0.05) is 10.7 Å². The Hall–Kier alpha value is -2.80. The molecule has 0 amide bonds. The van der Waals surface area contributed by atoms with E-state index in [0.29, 0.717) is 21.8 Å². The first-order chi connectivity index (χ1) is 12.8. The predicted molar refractivity (Wildman–Crippen MR) is 98.8 cm³/mol. The number of halogens is 1. The van der Waals surface area contributed by atoms with Crippen molar-refractivity contribution in [3.8, 4) is 5.75 Å². The zero-order valence-corrected chi connectivity index (χ0v) is 16.2. The van der Waals surface area contributed by atoms with Gasteiger partial charge in [0.25, 0.3) is 0 Å². The van der Waals surface area contributed by atoms with Crippen molar-refractivity contribution in [2.24, 2.45) is 0 Å². The van der Waals surface area contributed by atoms with Crippen molar-refractivity contribution >= 4 is 29.3 Å². The number of benzene rings is 1. The molecule has 0 radical (unpaired) electrons. The van der Waals surface area contributed by atoms with Gasteiger partial charge >= 0.3 is 11.9 Å². The maximum atomic E-state index is 12.5. The highest BCUT2D eigenvalue weighted by Gasteiger charge is 2.24. The first kappa shape index (κ1) is 20.5. The molecular formula is C19H20ClNO6. The Labute approximate surface area is 161 Å². The van der Waals surface area contributed by atoms with Crippen LogP contribution in [0.3, 0.4) is 0 Å². The normalized spacial score (nSPS) is 10.4. The van der Waals surface area contributed by atoms with Crippen LogP contribution in [0.1, 0.15) is 49.4 Å². The van der Waals surface area contributed by atoms with Crippen molar-refractivity contribution in [2.45, 2.75) is 20.8 Å². The Morgan fingerprint density at radius 1 is 1.11 bits per heavy atom. The smallest absolute Gasteiger partial charge is 0.342 e. The van der Waals surface area contributed by atoms with Gasteiger partial charge in [0.2, 0.25) is 5.78 Å². The van der Waals surface area contributed by atoms with Crippen LogP contribution in [0.4, 0.5) is 0 Å². The van der Waals surface area contributed by atoms with Crippen LogP contribution in [0.25, 0.3) is 0 Å². The van der Waals surface area contributed by atoms with Crippen molar-refractivity contribution in [1.82, 2.24) is 4.98 Å². The summed E-state index contributed by atoms with van der Waals surface area (Å²) in [6.07, 6.45) is 0. The van der Waals surface area contributed by atoms with Crippen molar-refractivity contribution in [2.75, 3.05) is 20.3 Å². The standard InChI is InChI=1S/C19H20ClNO6/c1-5-26-19(24)16-10(2)17(21-11(16)3)14(22)9-27-18(23)13-8-12(20)6-7-15(13)25-4/h6-8,21H,5,9H2,1-4H3. The lowest BCUT2D eigenvalue weighted by atomic mass is 10.1. The molecule has 0 saturated heterocycles. The fourth-order valence-corrected chi connectivity index (χ4v) is 2.83. The zero-order chi connectivity index (χ0) is 20.1. The van der Waals surface area contributed by atoms with Crippen molar-refractivity contribution < 1.29 is 28.6 Å². The number of methoxy groups -OCH3 is 1. The van der Waals surface area contributed by atoms with E-state index in [4.69, 9.17) is 25.8 Å². The summed E-state index contributed by atoms with van der Waals surface area (Å²) in [5.41, 5.74) is 1.58. The van der Waals surface area contributed by atoms with E-state index in [1.807, 2.05) is 0 Å². The van der Waals surface area contributed by atoms with Gasteiger partial charge in [-0.3, -0.25) is 4.79 Å². The summed E-state index contributed by atoms with van der Waals surface area (Å²) < 4.78 is 15.2. The van der Waals surface area contributed by atoms with Crippen LogP contribution in [-0.4, -0.2) is 43.0 Å². The van der Waals surface area contributed by atoms with Crippen LogP contribution in [0.2, 0.25) is 5.02 Å². The maximum absolute atomic E-state index is 12.5. The number of hydrogen-bond acceptors (Lipinski definition) is 6. The number of ether oxygens (including phenoxy) is 3. The Balaban J connectivity index is 2.15. The quantitative estimate of drug-likeness (QED) is 0.571. The number of hydrogen-bond donors (Lipinski definition) is 1. The molecule has 0 aliphatic heterocycles. The molecule has 1 N–H and O–H groups in total. The minimum atomic E-state index is -0.741. The first-order valence-corrected chi connectivity index (χ1v) is 8.58. The Morgan fingerprint density at radius 3 is 2.44 bits per heavy atom. The lowest BCUT2D eigenvalue weighted by molar-refractivity contribution is 0.0469. The Morgan fingerprint density at radius 2 is 1.81 bits per heavy atom. The van der Waals surface area contributed by atoms with Gasteiger partial charge in [0.15, 0.2) is 6.61 Å². The SMILES string of the molecule is CCOC(=O)c1c(C)[nH]c(C(=O)COC(=O)c2cc(Cl)ccc2OC)c1C. The maximum Gasteiger partial charge on any atom is 0.342 e. The largest absolute Gasteiger partial charge is 0.496 e. The summed E-state index contributed by atoms with van der Waals surface area (Å²) in [4.78, 5) is 39.6. The molecule has 0 saturated carbocycles. The molecule has 8 heteroatoms. The third kappa shape index (κ3) is 4.49. The Bertz CT molecular complexity index is 887. The lowest BCUT2D eigenvalue weighted by Crippen LogP contribution is -2.16. The second-order valence-corrected chi connectivity index (χ2v) is 6.13. The summed E-state index contributed by atoms with van der Waals surface area (Å²) in [7, 11) is 1.41. The molecule has 0 unspecified atom stereocenters. The van der Waals surface area contributed by atoms with Gasteiger partial charge in [-0.15, -0.1) is 0 Å². The van der Waals surface area contributed by atoms with E-state index in [2.05, 4.69) is 4.98 Å². The second kappa shape index (κ2) is 8.73. The number of ketones is 1. The van der Waals surface area contributed by atoms with Crippen molar-refractivity contribution in [1.29, 1.82) is 0 Å². The number of rotatable bonds is 7. The van der Waals surface area contributed by atoms with E-state index in [0.717, 1.165) is 0 Å². The molecule has 0 fully saturated rings. The van der Waals surface area contributed by atoms with Crippen LogP contribution in [0.15, 0.2) is 18.2 Å². The first-order valence-electron chi connectivity index (χ1n) is 8.20. The highest BCUT2D eigenvalue weighted by molar-refractivity contribution is 6.31. The molecule has 27 heavy (non-hydrogen) atoms. The van der Waals surface area contributed by atoms with Gasteiger partial charge in [-0.1, -0.05) is 11.6 Å². The van der Waals surface area contributed by atoms with Crippen LogP contribution in [-0.2, 0) is 9.47 Å². The fraction of sp³-hybridized carbons (Fsp3) is 0.316. The fourth-order valence-electron chi connectivity index (χ4n) is 2.66. The topological polar surface area (TPSA) is 94.7 Å². The molecule has 0 spiro atoms. The van der Waals surface area contributed by atoms with Crippen LogP contribution in [0, 0.1) is 13.8 Å². The Kier molecular flexibility index (Phi) is 6.63. The molecule has 2 rings (SSSR count). The summed E-state index contributed by atoms with van der Waals surface area (Å²) in [6, 6.07) is 4.51. The van der Waals surface area contributed by atoms with E-state index in [9.17, 15) is 14.4 Å². The summed E-state index contributed by atoms with van der Waals surface area (Å²) in [5, 5.41) is 0.337. The molecule has 0 aliphatic rings. The molecule has 7 nitrogen and oxygen atoms in total. The third-order valence-electron chi connectivity index (χ3n) is 3.91. The van der Waals surface area contributed by atoms with Crippen LogP contribution in [0.5, 0.6) is 5.75 Å². The summed E-state index contributed by atoms with van der Waals surface area (Å²) >= 11 is 5.89. The highest BCUT2D eigenvalue weighted by Crippen LogP contribution is 2.24. The number of aromatic amines is 1. The average Bonchev–Trinajstić information content (AvgIpc) is 2.94. The minimum absolute atomic E-state index is 0.115. The molecule has 0 aliphatic carbocycles. The van der Waals surface area contributed by atoms with E-state index in [1.54, 1.807) is 26.8 Å². The van der Waals surface area contributed by atoms with Gasteiger partial charge in [-0.05, 0) is 44.5 Å². The number of carbonyl (C=O) groups excluding carboxylic acids is 3. The van der Waals surface area contributed by atoms with Crippen molar-refractivity contribution in [3.63, 3.8) is 0 Å². The molecule has 144 valence electrons. The van der Waals surface area contributed by atoms with Crippen LogP contribution < -0.4 is 4.74 Å². The van der Waals surface area contributed by atoms with Gasteiger partial charge in [-0.2, -0.15) is 0 Å². The second-order valence-electron chi connectivity index (χ2n) is 5.69. The number of aromatic nitrogens is 1. The van der Waals surface area contributed by atoms with E-state index < -0.39 is 24.3 Å². The van der Waals surface area contributed by atoms with E-state index >= 15 is 0 Å². The van der Waals surface area contributed by atoms with Gasteiger partial charge in [0.1, 0.15) is 11.3 Å². The van der Waals surface area contributed by atoms with Gasteiger partial charge < -0.3 is 19.2 Å². The molecule has 0 atom stereocenters. The number of aryl methyl sites for hydroxylation is 1. The van der Waals surface area contributed by atoms with Gasteiger partial charge in [0.05, 0.1) is 25.0 Å². The molecular weight excluding hydrogens is 374 g/mol. The molecule has 1 heterocycles. The predicted octanol–water partition coefficient (Wildman–Crippen LogP) is 3.51. The number of Topliss-reactive ketones (excluding diaryl/α,β-unsaturated/α-hetero) is 1. The molecule has 2 aromatic rings. The van der Waals surface area contributed by atoms with E-state index in [1.165, 1.54) is 19.2 Å². The molecule has 1 aromatic heterocycles. The monoisotopic (exact) mass is 393 g/mol. The summed E-state index contributed by atoms with van der Waals surface area (Å²) in [6.45, 7) is 4.72. The average molecular weight is 394 g/mol. The third-order valence-corrected chi connectivity index (χ3v) is 4.15. The number of nitrogens with one attached hydrogen (secondary N) is 1. The molecule has 1 aromatic carbocycles. The summed E-state index contributed by atoms with van der Waals surface area (Å²) in [5.74, 6) is -1.44. The number of H-pyrrole nitrogens is 1. The number of esters is 2. The van der Waals surface area contributed by atoms with Gasteiger partial charge in [-0.25, -0.2) is 9.59 Å². The lowest BCUT2D eigenvalue weighted by Gasteiger charge is -2.09. The molecule has 0 bridgehead atoms. The highest BCUT2D eigenvalue weighted by atomic mass is 35.5. The minimum Gasteiger partial charge on any atom is -0.496 e. The zero-order valence-electron chi connectivity index (χ0n) is 15.5. The van der Waals surface area contributed by atoms with Crippen molar-refractivity contribution in [3.05, 3.63) is 51.3 Å².